The number of fused-ring (bicyclic) bond motifs is 1. The van der Waals surface area contributed by atoms with Crippen LogP contribution in [-0.2, 0) is 13.0 Å². The summed E-state index contributed by atoms with van der Waals surface area (Å²) in [6.45, 7) is 3.94. The van der Waals surface area contributed by atoms with Crippen LogP contribution in [0, 0.1) is 0 Å². The average Bonchev–Trinajstić information content (AvgIpc) is 2.68. The summed E-state index contributed by atoms with van der Waals surface area (Å²) in [5.41, 5.74) is 9.27. The van der Waals surface area contributed by atoms with Crippen LogP contribution in [-0.4, -0.2) is 47.5 Å². The van der Waals surface area contributed by atoms with E-state index in [1.807, 2.05) is 6.07 Å². The molecule has 1 aromatic carbocycles. The van der Waals surface area contributed by atoms with Crippen molar-refractivity contribution in [2.24, 2.45) is 5.73 Å². The van der Waals surface area contributed by atoms with Gasteiger partial charge in [-0.1, -0.05) is 6.07 Å². The van der Waals surface area contributed by atoms with Gasteiger partial charge in [0.25, 0.3) is 5.91 Å². The monoisotopic (exact) mass is 366 g/mol. The van der Waals surface area contributed by atoms with E-state index >= 15 is 0 Å². The fourth-order valence-corrected chi connectivity index (χ4v) is 3.84. The molecule has 0 saturated carbocycles. The van der Waals surface area contributed by atoms with Gasteiger partial charge in [-0.3, -0.25) is 4.79 Å². The van der Waals surface area contributed by atoms with Gasteiger partial charge in [-0.25, -0.2) is 9.97 Å². The highest BCUT2D eigenvalue weighted by Gasteiger charge is 2.19. The van der Waals surface area contributed by atoms with Gasteiger partial charge in [-0.2, -0.15) is 0 Å². The topological polar surface area (TPSA) is 87.4 Å². The third-order valence-corrected chi connectivity index (χ3v) is 5.35. The summed E-state index contributed by atoms with van der Waals surface area (Å²) in [6, 6.07) is 6.31. The molecule has 1 amide bonds. The van der Waals surface area contributed by atoms with Crippen molar-refractivity contribution in [3.8, 4) is 0 Å². The molecule has 2 aromatic rings. The molecular weight excluding hydrogens is 340 g/mol. The maximum Gasteiger partial charge on any atom is 0.271 e. The van der Waals surface area contributed by atoms with Crippen molar-refractivity contribution in [1.82, 2.24) is 14.9 Å². The molecule has 3 heterocycles. The van der Waals surface area contributed by atoms with Gasteiger partial charge < -0.3 is 20.9 Å². The lowest BCUT2D eigenvalue weighted by Crippen LogP contribution is -2.31. The molecule has 7 heteroatoms. The highest BCUT2D eigenvalue weighted by atomic mass is 16.1. The van der Waals surface area contributed by atoms with Crippen LogP contribution >= 0.6 is 0 Å². The van der Waals surface area contributed by atoms with Crippen LogP contribution in [0.2, 0.25) is 0 Å². The molecule has 1 saturated heterocycles. The van der Waals surface area contributed by atoms with E-state index in [1.165, 1.54) is 17.5 Å². The Bertz CT molecular complexity index is 846. The number of anilines is 3. The molecule has 4 rings (SSSR count). The molecule has 0 spiro atoms. The van der Waals surface area contributed by atoms with Gasteiger partial charge >= 0.3 is 0 Å². The molecular formula is C20H26N6O. The fourth-order valence-electron chi connectivity index (χ4n) is 3.84. The lowest BCUT2D eigenvalue weighted by Gasteiger charge is -2.28. The molecule has 0 unspecified atom stereocenters. The van der Waals surface area contributed by atoms with Gasteiger partial charge in [0.05, 0.1) is 6.20 Å². The van der Waals surface area contributed by atoms with E-state index in [9.17, 15) is 4.79 Å². The number of carbonyl (C=O) groups excluding carboxylic acids is 1. The lowest BCUT2D eigenvalue weighted by molar-refractivity contribution is 0.0996. The first-order valence-corrected chi connectivity index (χ1v) is 9.59. The Morgan fingerprint density at radius 3 is 2.74 bits per heavy atom. The summed E-state index contributed by atoms with van der Waals surface area (Å²) < 4.78 is 0. The van der Waals surface area contributed by atoms with Crippen molar-refractivity contribution in [1.29, 1.82) is 0 Å². The number of amides is 1. The first-order valence-electron chi connectivity index (χ1n) is 9.59. The summed E-state index contributed by atoms with van der Waals surface area (Å²) >= 11 is 0. The molecule has 0 atom stereocenters. The Kier molecular flexibility index (Phi) is 4.94. The Morgan fingerprint density at radius 1 is 1.15 bits per heavy atom. The van der Waals surface area contributed by atoms with Gasteiger partial charge in [0.1, 0.15) is 5.82 Å². The number of piperidine rings is 1. The van der Waals surface area contributed by atoms with Crippen LogP contribution in [0.4, 0.5) is 17.3 Å². The maximum absolute atomic E-state index is 11.8. The van der Waals surface area contributed by atoms with Gasteiger partial charge in [-0.15, -0.1) is 0 Å². The van der Waals surface area contributed by atoms with Crippen molar-refractivity contribution < 1.29 is 4.79 Å². The summed E-state index contributed by atoms with van der Waals surface area (Å²) in [5, 5.41) is 3.28. The smallest absolute Gasteiger partial charge is 0.271 e. The second kappa shape index (κ2) is 7.52. The van der Waals surface area contributed by atoms with E-state index in [0.29, 0.717) is 5.82 Å². The van der Waals surface area contributed by atoms with Crippen LogP contribution in [0.25, 0.3) is 0 Å². The zero-order chi connectivity index (χ0) is 18.8. The number of rotatable bonds is 4. The average molecular weight is 366 g/mol. The van der Waals surface area contributed by atoms with Crippen LogP contribution in [0.3, 0.4) is 0 Å². The molecule has 0 aliphatic carbocycles. The lowest BCUT2D eigenvalue weighted by atomic mass is 9.99. The third kappa shape index (κ3) is 3.88. The Balaban J connectivity index is 1.63. The molecule has 3 N–H and O–H groups in total. The second-order valence-electron chi connectivity index (χ2n) is 7.43. The van der Waals surface area contributed by atoms with Crippen molar-refractivity contribution >= 4 is 23.2 Å². The third-order valence-electron chi connectivity index (χ3n) is 5.35. The minimum absolute atomic E-state index is 0.172. The summed E-state index contributed by atoms with van der Waals surface area (Å²) in [5.74, 6) is 0.641. The highest BCUT2D eigenvalue weighted by molar-refractivity contribution is 5.96. The molecule has 27 heavy (non-hydrogen) atoms. The van der Waals surface area contributed by atoms with Crippen molar-refractivity contribution in [2.45, 2.75) is 32.2 Å². The summed E-state index contributed by atoms with van der Waals surface area (Å²) in [4.78, 5) is 25.3. The molecule has 0 radical (unpaired) electrons. The first-order chi connectivity index (χ1) is 13.1. The SMILES string of the molecule is CN1CCc2ccc(Nc3nc(N4CCCCC4)cnc3C(N)=O)cc2C1. The largest absolute Gasteiger partial charge is 0.364 e. The van der Waals surface area contributed by atoms with Gasteiger partial charge in [0.15, 0.2) is 11.5 Å². The van der Waals surface area contributed by atoms with Crippen LogP contribution < -0.4 is 16.0 Å². The van der Waals surface area contributed by atoms with E-state index in [0.717, 1.165) is 56.9 Å². The zero-order valence-electron chi connectivity index (χ0n) is 15.7. The Hall–Kier alpha value is -2.67. The van der Waals surface area contributed by atoms with E-state index in [1.54, 1.807) is 6.20 Å². The van der Waals surface area contributed by atoms with Crippen molar-refractivity contribution in [3.05, 3.63) is 41.2 Å². The Morgan fingerprint density at radius 2 is 1.96 bits per heavy atom. The molecule has 1 fully saturated rings. The summed E-state index contributed by atoms with van der Waals surface area (Å²) in [6.07, 6.45) is 6.26. The van der Waals surface area contributed by atoms with Crippen molar-refractivity contribution in [2.75, 3.05) is 36.9 Å². The molecule has 1 aromatic heterocycles. The first kappa shape index (κ1) is 17.7. The van der Waals surface area contributed by atoms with E-state index in [2.05, 4.69) is 44.3 Å². The van der Waals surface area contributed by atoms with Crippen LogP contribution in [0.15, 0.2) is 24.4 Å². The number of hydrogen-bond donors (Lipinski definition) is 2. The number of benzene rings is 1. The molecule has 0 bridgehead atoms. The predicted molar refractivity (Wildman–Crippen MR) is 106 cm³/mol. The van der Waals surface area contributed by atoms with Gasteiger partial charge in [0, 0.05) is 31.9 Å². The Labute approximate surface area is 159 Å². The van der Waals surface area contributed by atoms with E-state index in [-0.39, 0.29) is 5.69 Å². The second-order valence-corrected chi connectivity index (χ2v) is 7.43. The number of aromatic nitrogens is 2. The van der Waals surface area contributed by atoms with Crippen LogP contribution in [0.1, 0.15) is 40.9 Å². The van der Waals surface area contributed by atoms with Gasteiger partial charge in [0.2, 0.25) is 0 Å². The summed E-state index contributed by atoms with van der Waals surface area (Å²) in [7, 11) is 2.13. The number of carbonyl (C=O) groups is 1. The zero-order valence-corrected chi connectivity index (χ0v) is 15.7. The normalized spacial score (nSPS) is 17.4. The number of nitrogens with one attached hydrogen (secondary N) is 1. The number of hydrogen-bond acceptors (Lipinski definition) is 6. The maximum atomic E-state index is 11.8. The van der Waals surface area contributed by atoms with E-state index in [4.69, 9.17) is 5.73 Å². The number of nitrogens with zero attached hydrogens (tertiary/aromatic N) is 4. The molecule has 2 aliphatic rings. The van der Waals surface area contributed by atoms with Crippen LogP contribution in [0.5, 0.6) is 0 Å². The van der Waals surface area contributed by atoms with Crippen molar-refractivity contribution in [3.63, 3.8) is 0 Å². The molecule has 142 valence electrons. The number of primary amides is 1. The molecule has 7 nitrogen and oxygen atoms in total. The highest BCUT2D eigenvalue weighted by Crippen LogP contribution is 2.26. The predicted octanol–water partition coefficient (Wildman–Crippen LogP) is 2.30. The minimum Gasteiger partial charge on any atom is -0.364 e. The molecule has 2 aliphatic heterocycles. The minimum atomic E-state index is -0.576. The quantitative estimate of drug-likeness (QED) is 0.863. The van der Waals surface area contributed by atoms with E-state index < -0.39 is 5.91 Å². The number of nitrogens with two attached hydrogens (primary N) is 1. The fraction of sp³-hybridized carbons (Fsp3) is 0.450. The standard InChI is InChI=1S/C20H26N6O/c1-25-10-7-14-5-6-16(11-15(14)13-25)23-20-18(19(21)27)22-12-17(24-20)26-8-3-2-4-9-26/h5-6,11-12H,2-4,7-10,13H2,1H3,(H2,21,27)(H,23,24). The number of likely N-dealkylation sites (N-methyl/N-ethyl adjacent to an activating group) is 1. The van der Waals surface area contributed by atoms with Gasteiger partial charge in [-0.05, 0) is 56.0 Å².